The van der Waals surface area contributed by atoms with Crippen molar-refractivity contribution >= 4 is 24.2 Å². The van der Waals surface area contributed by atoms with E-state index in [0.717, 1.165) is 0 Å². The van der Waals surface area contributed by atoms with Crippen LogP contribution in [0.1, 0.15) is 30.6 Å². The fraction of sp³-hybridized carbons (Fsp3) is 0.467. The average Bonchev–Trinajstić information content (AvgIpc) is 2.44. The molecule has 4 N–H and O–H groups in total. The Hall–Kier alpha value is -1.66. The molecular formula is C15H23ClFN3O2. The van der Waals surface area contributed by atoms with Crippen molar-refractivity contribution in [1.29, 1.82) is 0 Å². The van der Waals surface area contributed by atoms with Gasteiger partial charge < -0.3 is 16.4 Å². The Bertz CT molecular complexity index is 497. The van der Waals surface area contributed by atoms with E-state index in [0.29, 0.717) is 19.5 Å². The van der Waals surface area contributed by atoms with E-state index in [9.17, 15) is 14.0 Å². The third-order valence-electron chi connectivity index (χ3n) is 3.03. The van der Waals surface area contributed by atoms with Crippen molar-refractivity contribution < 1.29 is 14.0 Å². The summed E-state index contributed by atoms with van der Waals surface area (Å²) in [4.78, 5) is 24.1. The minimum Gasteiger partial charge on any atom is -0.354 e. The van der Waals surface area contributed by atoms with Crippen LogP contribution in [0.4, 0.5) is 4.39 Å². The SMILES string of the molecule is CC(C)C(NC(=O)c1ccccc1F)C(=O)NCCCN.Cl. The van der Waals surface area contributed by atoms with Crippen molar-refractivity contribution in [1.82, 2.24) is 10.6 Å². The number of nitrogens with two attached hydrogens (primary N) is 1. The Kier molecular flexibility index (Phi) is 9.37. The number of hydrogen-bond acceptors (Lipinski definition) is 3. The van der Waals surface area contributed by atoms with Gasteiger partial charge in [0.25, 0.3) is 5.91 Å². The van der Waals surface area contributed by atoms with Crippen LogP contribution < -0.4 is 16.4 Å². The second-order valence-corrected chi connectivity index (χ2v) is 5.11. The summed E-state index contributed by atoms with van der Waals surface area (Å²) in [5, 5.41) is 5.29. The van der Waals surface area contributed by atoms with E-state index in [4.69, 9.17) is 5.73 Å². The lowest BCUT2D eigenvalue weighted by Crippen LogP contribution is -2.50. The first-order chi connectivity index (χ1) is 9.97. The summed E-state index contributed by atoms with van der Waals surface area (Å²) in [6.45, 7) is 4.56. The molecule has 0 heterocycles. The Balaban J connectivity index is 0.00000441. The van der Waals surface area contributed by atoms with E-state index in [-0.39, 0.29) is 29.8 Å². The predicted molar refractivity (Wildman–Crippen MR) is 86.4 cm³/mol. The summed E-state index contributed by atoms with van der Waals surface area (Å²) < 4.78 is 13.6. The Labute approximate surface area is 136 Å². The Morgan fingerprint density at radius 1 is 1.27 bits per heavy atom. The first-order valence-electron chi connectivity index (χ1n) is 7.00. The van der Waals surface area contributed by atoms with Gasteiger partial charge in [-0.25, -0.2) is 4.39 Å². The lowest BCUT2D eigenvalue weighted by Gasteiger charge is -2.21. The Morgan fingerprint density at radius 3 is 2.45 bits per heavy atom. The fourth-order valence-corrected chi connectivity index (χ4v) is 1.82. The van der Waals surface area contributed by atoms with Gasteiger partial charge in [0.15, 0.2) is 0 Å². The molecule has 0 bridgehead atoms. The van der Waals surface area contributed by atoms with E-state index in [1.807, 2.05) is 13.8 Å². The van der Waals surface area contributed by atoms with Gasteiger partial charge in [0, 0.05) is 6.54 Å². The highest BCUT2D eigenvalue weighted by molar-refractivity contribution is 5.97. The maximum Gasteiger partial charge on any atom is 0.254 e. The van der Waals surface area contributed by atoms with Crippen molar-refractivity contribution in [3.8, 4) is 0 Å². The number of carbonyl (C=O) groups is 2. The summed E-state index contributed by atoms with van der Waals surface area (Å²) in [5.41, 5.74) is 5.29. The number of amides is 2. The van der Waals surface area contributed by atoms with Crippen LogP contribution in [0.25, 0.3) is 0 Å². The highest BCUT2D eigenvalue weighted by Crippen LogP contribution is 2.08. The topological polar surface area (TPSA) is 84.2 Å². The molecule has 0 saturated heterocycles. The molecule has 0 aliphatic heterocycles. The minimum atomic E-state index is -0.713. The number of rotatable bonds is 7. The maximum atomic E-state index is 13.6. The molecule has 0 aromatic heterocycles. The highest BCUT2D eigenvalue weighted by Gasteiger charge is 2.25. The standard InChI is InChI=1S/C15H22FN3O2.ClH/c1-10(2)13(15(21)18-9-5-8-17)19-14(20)11-6-3-4-7-12(11)16;/h3-4,6-7,10,13H,5,8-9,17H2,1-2H3,(H,18,21)(H,19,20);1H. The molecule has 124 valence electrons. The third-order valence-corrected chi connectivity index (χ3v) is 3.03. The molecule has 1 atom stereocenters. The average molecular weight is 332 g/mol. The summed E-state index contributed by atoms with van der Waals surface area (Å²) in [6, 6.07) is 4.96. The van der Waals surface area contributed by atoms with Gasteiger partial charge in [-0.05, 0) is 31.0 Å². The van der Waals surface area contributed by atoms with Crippen LogP contribution in [0.5, 0.6) is 0 Å². The summed E-state index contributed by atoms with van der Waals surface area (Å²) in [7, 11) is 0. The number of hydrogen-bond donors (Lipinski definition) is 3. The smallest absolute Gasteiger partial charge is 0.254 e. The van der Waals surface area contributed by atoms with Gasteiger partial charge in [-0.1, -0.05) is 26.0 Å². The molecule has 1 aromatic rings. The van der Waals surface area contributed by atoms with Crippen molar-refractivity contribution in [2.45, 2.75) is 26.3 Å². The van der Waals surface area contributed by atoms with E-state index < -0.39 is 17.8 Å². The predicted octanol–water partition coefficient (Wildman–Crippen LogP) is 1.47. The highest BCUT2D eigenvalue weighted by atomic mass is 35.5. The molecule has 0 saturated carbocycles. The molecule has 0 fully saturated rings. The molecule has 1 rings (SSSR count). The second-order valence-electron chi connectivity index (χ2n) is 5.11. The first-order valence-corrected chi connectivity index (χ1v) is 7.00. The maximum absolute atomic E-state index is 13.6. The fourth-order valence-electron chi connectivity index (χ4n) is 1.82. The summed E-state index contributed by atoms with van der Waals surface area (Å²) >= 11 is 0. The molecule has 1 aromatic carbocycles. The van der Waals surface area contributed by atoms with Gasteiger partial charge in [0.2, 0.25) is 5.91 Å². The van der Waals surface area contributed by atoms with Crippen LogP contribution in [0, 0.1) is 11.7 Å². The zero-order chi connectivity index (χ0) is 15.8. The van der Waals surface area contributed by atoms with Crippen LogP contribution in [0.2, 0.25) is 0 Å². The van der Waals surface area contributed by atoms with Crippen LogP contribution in [-0.4, -0.2) is 30.9 Å². The van der Waals surface area contributed by atoms with E-state index in [1.54, 1.807) is 6.07 Å². The summed E-state index contributed by atoms with van der Waals surface area (Å²) in [6.07, 6.45) is 0.664. The number of carbonyl (C=O) groups excluding carboxylic acids is 2. The molecule has 0 aliphatic rings. The van der Waals surface area contributed by atoms with Gasteiger partial charge in [0.05, 0.1) is 5.56 Å². The lowest BCUT2D eigenvalue weighted by atomic mass is 10.0. The summed E-state index contributed by atoms with van der Waals surface area (Å²) in [5.74, 6) is -1.61. The zero-order valence-corrected chi connectivity index (χ0v) is 13.6. The molecule has 5 nitrogen and oxygen atoms in total. The molecule has 0 aliphatic carbocycles. The Morgan fingerprint density at radius 2 is 1.91 bits per heavy atom. The first kappa shape index (κ1) is 20.3. The monoisotopic (exact) mass is 331 g/mol. The van der Waals surface area contributed by atoms with Crippen LogP contribution >= 0.6 is 12.4 Å². The van der Waals surface area contributed by atoms with Crippen LogP contribution in [0.3, 0.4) is 0 Å². The van der Waals surface area contributed by atoms with Gasteiger partial charge in [-0.2, -0.15) is 0 Å². The van der Waals surface area contributed by atoms with E-state index in [2.05, 4.69) is 10.6 Å². The molecule has 22 heavy (non-hydrogen) atoms. The van der Waals surface area contributed by atoms with Crippen molar-refractivity contribution in [3.05, 3.63) is 35.6 Å². The quantitative estimate of drug-likeness (QED) is 0.661. The number of benzene rings is 1. The molecule has 1 unspecified atom stereocenters. The zero-order valence-electron chi connectivity index (χ0n) is 12.8. The number of halogens is 2. The van der Waals surface area contributed by atoms with Gasteiger partial charge in [-0.15, -0.1) is 12.4 Å². The molecule has 2 amide bonds. The van der Waals surface area contributed by atoms with Gasteiger partial charge in [-0.3, -0.25) is 9.59 Å². The molecule has 0 spiro atoms. The molecule has 0 radical (unpaired) electrons. The molecular weight excluding hydrogens is 309 g/mol. The molecule has 7 heteroatoms. The van der Waals surface area contributed by atoms with E-state index >= 15 is 0 Å². The normalized spacial score (nSPS) is 11.5. The van der Waals surface area contributed by atoms with Crippen molar-refractivity contribution in [3.63, 3.8) is 0 Å². The van der Waals surface area contributed by atoms with Gasteiger partial charge >= 0.3 is 0 Å². The third kappa shape index (κ3) is 5.99. The van der Waals surface area contributed by atoms with Crippen LogP contribution in [0.15, 0.2) is 24.3 Å². The van der Waals surface area contributed by atoms with Crippen LogP contribution in [-0.2, 0) is 4.79 Å². The van der Waals surface area contributed by atoms with E-state index in [1.165, 1.54) is 18.2 Å². The van der Waals surface area contributed by atoms with Crippen molar-refractivity contribution in [2.24, 2.45) is 11.7 Å². The second kappa shape index (κ2) is 10.1. The minimum absolute atomic E-state index is 0. The lowest BCUT2D eigenvalue weighted by molar-refractivity contribution is -0.123. The van der Waals surface area contributed by atoms with Crippen molar-refractivity contribution in [2.75, 3.05) is 13.1 Å². The largest absolute Gasteiger partial charge is 0.354 e. The number of nitrogens with one attached hydrogen (secondary N) is 2. The van der Waals surface area contributed by atoms with Gasteiger partial charge in [0.1, 0.15) is 11.9 Å².